The molecule has 0 atom stereocenters. The van der Waals surface area contributed by atoms with E-state index in [1.54, 1.807) is 30.7 Å². The van der Waals surface area contributed by atoms with Crippen LogP contribution in [0.4, 0.5) is 5.00 Å². The topological polar surface area (TPSA) is 59.9 Å². The van der Waals surface area contributed by atoms with E-state index in [9.17, 15) is 4.79 Å². The van der Waals surface area contributed by atoms with Gasteiger partial charge in [-0.1, -0.05) is 38.0 Å². The third kappa shape index (κ3) is 5.07. The van der Waals surface area contributed by atoms with E-state index in [2.05, 4.69) is 11.9 Å². The molecule has 0 unspecified atom stereocenters. The summed E-state index contributed by atoms with van der Waals surface area (Å²) in [6, 6.07) is 6.00. The Morgan fingerprint density at radius 2 is 2.03 bits per heavy atom. The highest BCUT2D eigenvalue weighted by molar-refractivity contribution is 7.16. The van der Waals surface area contributed by atoms with E-state index in [1.807, 2.05) is 18.2 Å². The van der Waals surface area contributed by atoms with E-state index in [0.717, 1.165) is 48.2 Å². The summed E-state index contributed by atoms with van der Waals surface area (Å²) in [5.74, 6) is 1.32. The maximum absolute atomic E-state index is 13.4. The Morgan fingerprint density at radius 3 is 2.81 bits per heavy atom. The summed E-state index contributed by atoms with van der Waals surface area (Å²) < 4.78 is 11.3. The molecule has 32 heavy (non-hydrogen) atoms. The number of benzene rings is 1. The number of fused-ring (bicyclic) bond motifs is 1. The molecule has 2 aromatic rings. The molecule has 0 spiro atoms. The number of carbonyl (C=O) groups excluding carboxylic acids is 1. The Labute approximate surface area is 194 Å². The minimum atomic E-state index is 0.0391. The van der Waals surface area contributed by atoms with E-state index >= 15 is 0 Å². The number of carbonyl (C=O) groups is 1. The lowest BCUT2D eigenvalue weighted by molar-refractivity contribution is 0.0927. The predicted molar refractivity (Wildman–Crippen MR) is 131 cm³/mol. The van der Waals surface area contributed by atoms with Crippen LogP contribution in [0.1, 0.15) is 71.3 Å². The molecule has 1 aromatic heterocycles. The zero-order valence-corrected chi connectivity index (χ0v) is 19.6. The van der Waals surface area contributed by atoms with Gasteiger partial charge in [0.25, 0.3) is 5.91 Å². The molecule has 0 aliphatic heterocycles. The standard InChI is InChI=1S/C26H32N2O3S/c1-3-16-31-24-18(10-9-14-21(24)30-2)17-27-26-23(20-13-7-8-15-22(20)32-26)25(29)28-19-11-5-4-6-12-19/h3,9-10,14,17,19H,1,4-8,11-13,15-16H2,2H3,(H,28,29). The predicted octanol–water partition coefficient (Wildman–Crippen LogP) is 6.01. The molecule has 4 rings (SSSR count). The van der Waals surface area contributed by atoms with Crippen LogP contribution in [0.2, 0.25) is 0 Å². The molecule has 1 N–H and O–H groups in total. The molecule has 1 heterocycles. The summed E-state index contributed by atoms with van der Waals surface area (Å²) in [5, 5.41) is 4.10. The zero-order chi connectivity index (χ0) is 22.3. The third-order valence-electron chi connectivity index (χ3n) is 6.22. The van der Waals surface area contributed by atoms with Crippen molar-refractivity contribution in [1.82, 2.24) is 5.32 Å². The van der Waals surface area contributed by atoms with E-state index in [0.29, 0.717) is 18.1 Å². The number of amides is 1. The van der Waals surface area contributed by atoms with Crippen LogP contribution in [-0.4, -0.2) is 31.9 Å². The van der Waals surface area contributed by atoms with Gasteiger partial charge in [-0.3, -0.25) is 4.79 Å². The molecule has 0 bridgehead atoms. The van der Waals surface area contributed by atoms with Crippen molar-refractivity contribution in [3.8, 4) is 11.5 Å². The van der Waals surface area contributed by atoms with Crippen LogP contribution < -0.4 is 14.8 Å². The Balaban J connectivity index is 1.65. The SMILES string of the molecule is C=CCOc1c(C=Nc2sc3c(c2C(=O)NC2CCCCC2)CCCC3)cccc1OC. The van der Waals surface area contributed by atoms with Crippen LogP contribution in [0.15, 0.2) is 35.8 Å². The number of aliphatic imine (C=N–C) groups is 1. The highest BCUT2D eigenvalue weighted by Crippen LogP contribution is 2.40. The average Bonchev–Trinajstić information content (AvgIpc) is 3.20. The second kappa shape index (κ2) is 10.8. The highest BCUT2D eigenvalue weighted by atomic mass is 32.1. The third-order valence-corrected chi connectivity index (χ3v) is 7.42. The van der Waals surface area contributed by atoms with Gasteiger partial charge in [0.1, 0.15) is 11.6 Å². The molecular formula is C26H32N2O3S. The highest BCUT2D eigenvalue weighted by Gasteiger charge is 2.27. The molecule has 0 radical (unpaired) electrons. The summed E-state index contributed by atoms with van der Waals surface area (Å²) in [7, 11) is 1.62. The lowest BCUT2D eigenvalue weighted by Gasteiger charge is -2.23. The van der Waals surface area contributed by atoms with Crippen LogP contribution in [0.3, 0.4) is 0 Å². The number of thiophene rings is 1. The number of rotatable bonds is 8. The van der Waals surface area contributed by atoms with Crippen molar-refractivity contribution in [3.05, 3.63) is 52.4 Å². The summed E-state index contributed by atoms with van der Waals surface area (Å²) in [6.45, 7) is 4.11. The first-order valence-corrected chi connectivity index (χ1v) is 12.4. The molecule has 1 fully saturated rings. The first-order chi connectivity index (χ1) is 15.7. The van der Waals surface area contributed by atoms with Gasteiger partial charge < -0.3 is 14.8 Å². The fourth-order valence-corrected chi connectivity index (χ4v) is 5.83. The van der Waals surface area contributed by atoms with Crippen molar-refractivity contribution in [2.45, 2.75) is 63.8 Å². The van der Waals surface area contributed by atoms with E-state index in [1.165, 1.54) is 36.1 Å². The van der Waals surface area contributed by atoms with Crippen LogP contribution >= 0.6 is 11.3 Å². The molecule has 6 heteroatoms. The van der Waals surface area contributed by atoms with Crippen molar-refractivity contribution in [2.75, 3.05) is 13.7 Å². The van der Waals surface area contributed by atoms with Crippen molar-refractivity contribution in [1.29, 1.82) is 0 Å². The zero-order valence-electron chi connectivity index (χ0n) is 18.8. The quantitative estimate of drug-likeness (QED) is 0.394. The van der Waals surface area contributed by atoms with E-state index in [-0.39, 0.29) is 11.9 Å². The molecule has 1 amide bonds. The monoisotopic (exact) mass is 452 g/mol. The van der Waals surface area contributed by atoms with Crippen molar-refractivity contribution in [2.24, 2.45) is 4.99 Å². The molecule has 5 nitrogen and oxygen atoms in total. The number of ether oxygens (including phenoxy) is 2. The van der Waals surface area contributed by atoms with Crippen LogP contribution in [0, 0.1) is 0 Å². The summed E-state index contributed by atoms with van der Waals surface area (Å²) in [4.78, 5) is 19.5. The van der Waals surface area contributed by atoms with Gasteiger partial charge in [-0.15, -0.1) is 11.3 Å². The van der Waals surface area contributed by atoms with Crippen molar-refractivity contribution >= 4 is 28.5 Å². The van der Waals surface area contributed by atoms with Crippen LogP contribution in [-0.2, 0) is 12.8 Å². The van der Waals surface area contributed by atoms with Gasteiger partial charge in [0.05, 0.1) is 12.7 Å². The minimum absolute atomic E-state index is 0.0391. The van der Waals surface area contributed by atoms with Gasteiger partial charge in [-0.05, 0) is 56.2 Å². The number of nitrogens with one attached hydrogen (secondary N) is 1. The first-order valence-electron chi connectivity index (χ1n) is 11.6. The number of hydrogen-bond donors (Lipinski definition) is 1. The maximum atomic E-state index is 13.4. The van der Waals surface area contributed by atoms with Crippen molar-refractivity contribution < 1.29 is 14.3 Å². The Hall–Kier alpha value is -2.60. The molecule has 2 aliphatic rings. The lowest BCUT2D eigenvalue weighted by atomic mass is 9.93. The molecule has 1 saturated carbocycles. The second-order valence-electron chi connectivity index (χ2n) is 8.44. The van der Waals surface area contributed by atoms with Gasteiger partial charge in [0, 0.05) is 22.7 Å². The number of para-hydroxylation sites is 1. The van der Waals surface area contributed by atoms with Gasteiger partial charge in [0.2, 0.25) is 0 Å². The fourth-order valence-electron chi connectivity index (χ4n) is 4.60. The molecular weight excluding hydrogens is 420 g/mol. The van der Waals surface area contributed by atoms with E-state index in [4.69, 9.17) is 14.5 Å². The maximum Gasteiger partial charge on any atom is 0.254 e. The lowest BCUT2D eigenvalue weighted by Crippen LogP contribution is -2.36. The Morgan fingerprint density at radius 1 is 1.22 bits per heavy atom. The molecule has 0 saturated heterocycles. The van der Waals surface area contributed by atoms with Gasteiger partial charge in [-0.2, -0.15) is 0 Å². The van der Waals surface area contributed by atoms with E-state index < -0.39 is 0 Å². The molecule has 2 aliphatic carbocycles. The largest absolute Gasteiger partial charge is 0.493 e. The minimum Gasteiger partial charge on any atom is -0.493 e. The Bertz CT molecular complexity index is 989. The summed E-state index contributed by atoms with van der Waals surface area (Å²) in [6.07, 6.45) is 13.6. The van der Waals surface area contributed by atoms with Crippen LogP contribution in [0.5, 0.6) is 11.5 Å². The summed E-state index contributed by atoms with van der Waals surface area (Å²) >= 11 is 1.66. The molecule has 170 valence electrons. The number of aryl methyl sites for hydroxylation is 1. The van der Waals surface area contributed by atoms with Gasteiger partial charge in [0.15, 0.2) is 11.5 Å². The van der Waals surface area contributed by atoms with Crippen molar-refractivity contribution in [3.63, 3.8) is 0 Å². The first kappa shape index (κ1) is 22.6. The van der Waals surface area contributed by atoms with Gasteiger partial charge >= 0.3 is 0 Å². The van der Waals surface area contributed by atoms with Crippen LogP contribution in [0.25, 0.3) is 0 Å². The van der Waals surface area contributed by atoms with Gasteiger partial charge in [-0.25, -0.2) is 4.99 Å². The number of nitrogens with zero attached hydrogens (tertiary/aromatic N) is 1. The fraction of sp³-hybridized carbons (Fsp3) is 0.462. The number of methoxy groups -OCH3 is 1. The average molecular weight is 453 g/mol. The second-order valence-corrected chi connectivity index (χ2v) is 9.52. The normalized spacial score (nSPS) is 16.5. The summed E-state index contributed by atoms with van der Waals surface area (Å²) in [5.41, 5.74) is 2.80. The molecule has 1 aromatic carbocycles. The number of hydrogen-bond acceptors (Lipinski definition) is 5. The smallest absolute Gasteiger partial charge is 0.254 e. The Kier molecular flexibility index (Phi) is 7.63.